The molecule has 20 heavy (non-hydrogen) atoms. The quantitative estimate of drug-likeness (QED) is 0.722. The number of furan rings is 1. The summed E-state index contributed by atoms with van der Waals surface area (Å²) < 4.78 is 6.59. The van der Waals surface area contributed by atoms with Crippen LogP contribution in [-0.4, -0.2) is 31.8 Å². The minimum Gasteiger partial charge on any atom is -0.472 e. The van der Waals surface area contributed by atoms with Gasteiger partial charge in [-0.15, -0.1) is 0 Å². The van der Waals surface area contributed by atoms with Gasteiger partial charge in [-0.1, -0.05) is 0 Å². The maximum Gasteiger partial charge on any atom is 0.257 e. The Kier molecular flexibility index (Phi) is 3.27. The summed E-state index contributed by atoms with van der Waals surface area (Å²) in [4.78, 5) is 12.8. The smallest absolute Gasteiger partial charge is 0.257 e. The van der Waals surface area contributed by atoms with Crippen LogP contribution in [0.2, 0.25) is 0 Å². The Labute approximate surface area is 114 Å². The summed E-state index contributed by atoms with van der Waals surface area (Å²) in [7, 11) is 1.75. The largest absolute Gasteiger partial charge is 0.472 e. The predicted molar refractivity (Wildman–Crippen MR) is 72.5 cm³/mol. The van der Waals surface area contributed by atoms with Crippen LogP contribution in [0.4, 0.5) is 11.9 Å². The number of rotatable bonds is 5. The first-order valence-electron chi connectivity index (χ1n) is 6.04. The van der Waals surface area contributed by atoms with Crippen molar-refractivity contribution in [3.8, 4) is 5.95 Å². The van der Waals surface area contributed by atoms with Crippen molar-refractivity contribution in [3.05, 3.63) is 42.6 Å². The van der Waals surface area contributed by atoms with Crippen LogP contribution >= 0.6 is 0 Å². The first-order chi connectivity index (χ1) is 9.85. The van der Waals surface area contributed by atoms with Crippen LogP contribution in [0.3, 0.4) is 0 Å². The summed E-state index contributed by atoms with van der Waals surface area (Å²) in [6.45, 7) is 0.572. The van der Waals surface area contributed by atoms with Gasteiger partial charge in [-0.3, -0.25) is 0 Å². The third-order valence-corrected chi connectivity index (χ3v) is 2.59. The summed E-state index contributed by atoms with van der Waals surface area (Å²) in [5, 5.41) is 10.1. The van der Waals surface area contributed by atoms with E-state index in [0.717, 1.165) is 5.56 Å². The molecule has 0 radical (unpaired) electrons. The van der Waals surface area contributed by atoms with Crippen LogP contribution in [0, 0.1) is 0 Å². The maximum absolute atomic E-state index is 5.01. The van der Waals surface area contributed by atoms with Crippen LogP contribution in [0.15, 0.2) is 41.5 Å². The fraction of sp³-hybridized carbons (Fsp3) is 0.167. The van der Waals surface area contributed by atoms with Gasteiger partial charge in [0.2, 0.25) is 11.9 Å². The number of aromatic nitrogens is 5. The van der Waals surface area contributed by atoms with Crippen molar-refractivity contribution in [2.24, 2.45) is 0 Å². The second kappa shape index (κ2) is 5.39. The molecule has 3 aromatic rings. The molecular formula is C12H13N7O. The summed E-state index contributed by atoms with van der Waals surface area (Å²) >= 11 is 0. The molecule has 8 heteroatoms. The highest BCUT2D eigenvalue weighted by Gasteiger charge is 2.07. The van der Waals surface area contributed by atoms with E-state index in [9.17, 15) is 0 Å². The van der Waals surface area contributed by atoms with Gasteiger partial charge in [0.15, 0.2) is 0 Å². The fourth-order valence-electron chi connectivity index (χ4n) is 1.62. The Morgan fingerprint density at radius 3 is 2.85 bits per heavy atom. The van der Waals surface area contributed by atoms with Crippen LogP contribution < -0.4 is 10.6 Å². The number of hydrogen-bond acceptors (Lipinski definition) is 7. The highest BCUT2D eigenvalue weighted by molar-refractivity contribution is 5.37. The van der Waals surface area contributed by atoms with Gasteiger partial charge in [0.1, 0.15) is 0 Å². The fourth-order valence-corrected chi connectivity index (χ4v) is 1.62. The Morgan fingerprint density at radius 1 is 1.25 bits per heavy atom. The van der Waals surface area contributed by atoms with E-state index in [4.69, 9.17) is 4.42 Å². The molecule has 3 aromatic heterocycles. The van der Waals surface area contributed by atoms with Gasteiger partial charge in [-0.2, -0.15) is 20.1 Å². The number of hydrogen-bond donors (Lipinski definition) is 2. The van der Waals surface area contributed by atoms with Gasteiger partial charge >= 0.3 is 0 Å². The first kappa shape index (κ1) is 12.2. The summed E-state index contributed by atoms with van der Waals surface area (Å²) in [6.07, 6.45) is 6.73. The number of anilines is 2. The highest BCUT2D eigenvalue weighted by atomic mass is 16.3. The molecule has 0 aliphatic carbocycles. The molecule has 0 aromatic carbocycles. The van der Waals surface area contributed by atoms with Crippen molar-refractivity contribution in [2.45, 2.75) is 6.54 Å². The van der Waals surface area contributed by atoms with Gasteiger partial charge in [0.05, 0.1) is 12.5 Å². The second-order valence-corrected chi connectivity index (χ2v) is 3.97. The lowest BCUT2D eigenvalue weighted by atomic mass is 10.3. The molecule has 0 bridgehead atoms. The van der Waals surface area contributed by atoms with E-state index in [1.165, 1.54) is 0 Å². The zero-order valence-corrected chi connectivity index (χ0v) is 10.8. The SMILES string of the molecule is CNc1nc(NCc2ccoc2)nc(-n2cccn2)n1. The molecule has 3 heterocycles. The summed E-state index contributed by atoms with van der Waals surface area (Å²) in [6, 6.07) is 3.68. The van der Waals surface area contributed by atoms with E-state index in [1.54, 1.807) is 42.7 Å². The van der Waals surface area contributed by atoms with E-state index in [-0.39, 0.29) is 0 Å². The van der Waals surface area contributed by atoms with E-state index < -0.39 is 0 Å². The van der Waals surface area contributed by atoms with Crippen molar-refractivity contribution in [1.29, 1.82) is 0 Å². The molecule has 0 unspecified atom stereocenters. The monoisotopic (exact) mass is 271 g/mol. The topological polar surface area (TPSA) is 93.7 Å². The van der Waals surface area contributed by atoms with Gasteiger partial charge in [0.25, 0.3) is 5.95 Å². The highest BCUT2D eigenvalue weighted by Crippen LogP contribution is 2.10. The minimum atomic E-state index is 0.448. The molecule has 102 valence electrons. The zero-order valence-electron chi connectivity index (χ0n) is 10.8. The molecule has 0 aliphatic rings. The van der Waals surface area contributed by atoms with Crippen LogP contribution in [0.1, 0.15) is 5.56 Å². The number of nitrogens with zero attached hydrogens (tertiary/aromatic N) is 5. The molecule has 0 aliphatic heterocycles. The van der Waals surface area contributed by atoms with Crippen LogP contribution in [0.5, 0.6) is 0 Å². The normalized spacial score (nSPS) is 10.4. The molecule has 0 saturated heterocycles. The Balaban J connectivity index is 1.84. The predicted octanol–water partition coefficient (Wildman–Crippen LogP) is 1.30. The molecule has 0 atom stereocenters. The van der Waals surface area contributed by atoms with Crippen molar-refractivity contribution in [1.82, 2.24) is 24.7 Å². The van der Waals surface area contributed by atoms with E-state index in [1.807, 2.05) is 6.07 Å². The maximum atomic E-state index is 5.01. The molecule has 8 nitrogen and oxygen atoms in total. The Morgan fingerprint density at radius 2 is 2.15 bits per heavy atom. The average Bonchev–Trinajstić information content (AvgIpc) is 3.17. The van der Waals surface area contributed by atoms with Gasteiger partial charge in [-0.05, 0) is 12.1 Å². The van der Waals surface area contributed by atoms with Gasteiger partial charge in [0, 0.05) is 31.5 Å². The van der Waals surface area contributed by atoms with Crippen molar-refractivity contribution in [3.63, 3.8) is 0 Å². The average molecular weight is 271 g/mol. The summed E-state index contributed by atoms with van der Waals surface area (Å²) in [5.41, 5.74) is 1.01. The summed E-state index contributed by atoms with van der Waals surface area (Å²) in [5.74, 6) is 1.39. The van der Waals surface area contributed by atoms with Crippen LogP contribution in [-0.2, 0) is 6.54 Å². The van der Waals surface area contributed by atoms with Crippen LogP contribution in [0.25, 0.3) is 5.95 Å². The lowest BCUT2D eigenvalue weighted by Crippen LogP contribution is -2.11. The molecule has 0 amide bonds. The third-order valence-electron chi connectivity index (χ3n) is 2.59. The molecule has 0 spiro atoms. The lowest BCUT2D eigenvalue weighted by molar-refractivity contribution is 0.564. The lowest BCUT2D eigenvalue weighted by Gasteiger charge is -2.07. The Hall–Kier alpha value is -2.90. The third kappa shape index (κ3) is 2.58. The van der Waals surface area contributed by atoms with Gasteiger partial charge < -0.3 is 15.1 Å². The minimum absolute atomic E-state index is 0.448. The molecule has 0 saturated carbocycles. The van der Waals surface area contributed by atoms with Crippen molar-refractivity contribution < 1.29 is 4.42 Å². The van der Waals surface area contributed by atoms with Crippen molar-refractivity contribution >= 4 is 11.9 Å². The van der Waals surface area contributed by atoms with E-state index in [0.29, 0.717) is 24.4 Å². The number of nitrogens with one attached hydrogen (secondary N) is 2. The molecule has 3 rings (SSSR count). The van der Waals surface area contributed by atoms with Gasteiger partial charge in [-0.25, -0.2) is 4.68 Å². The molecule has 2 N–H and O–H groups in total. The molecule has 0 fully saturated rings. The first-order valence-corrected chi connectivity index (χ1v) is 6.04. The second-order valence-electron chi connectivity index (χ2n) is 3.97. The standard InChI is InChI=1S/C12H13N7O/c1-13-10-16-11(14-7-9-3-6-20-8-9)18-12(17-10)19-5-2-4-15-19/h2-6,8H,7H2,1H3,(H2,13,14,16,17,18). The van der Waals surface area contributed by atoms with Crippen molar-refractivity contribution in [2.75, 3.05) is 17.7 Å². The van der Waals surface area contributed by atoms with E-state index >= 15 is 0 Å². The zero-order chi connectivity index (χ0) is 13.8. The Bertz CT molecular complexity index is 663. The molecular weight excluding hydrogens is 258 g/mol. The van der Waals surface area contributed by atoms with E-state index in [2.05, 4.69) is 30.7 Å².